The lowest BCUT2D eigenvalue weighted by Crippen LogP contribution is -2.03. The predicted octanol–water partition coefficient (Wildman–Crippen LogP) is 14.7. The Morgan fingerprint density at radius 1 is 0.370 bits per heavy atom. The van der Waals surface area contributed by atoms with Crippen molar-refractivity contribution in [1.29, 1.82) is 0 Å². The fraction of sp³-hybridized carbons (Fsp3) is 0. The summed E-state index contributed by atoms with van der Waals surface area (Å²) < 4.78 is 10.3. The molecule has 0 saturated carbocycles. The van der Waals surface area contributed by atoms with Gasteiger partial charge in [0, 0.05) is 78.9 Å². The molecule has 0 radical (unpaired) electrons. The van der Waals surface area contributed by atoms with Gasteiger partial charge < -0.3 is 0 Å². The quantitative estimate of drug-likeness (QED) is 0.177. The molecule has 13 aromatic rings. The fourth-order valence-electron chi connectivity index (χ4n) is 9.01. The van der Waals surface area contributed by atoms with E-state index in [0.29, 0.717) is 5.95 Å². The Balaban J connectivity index is 1.37. The highest BCUT2D eigenvalue weighted by atomic mass is 32.1. The van der Waals surface area contributed by atoms with Crippen LogP contribution >= 0.6 is 34.0 Å². The van der Waals surface area contributed by atoms with Crippen LogP contribution in [-0.4, -0.2) is 14.5 Å². The smallest absolute Gasteiger partial charge is 0.235 e. The minimum atomic E-state index is 0.686. The van der Waals surface area contributed by atoms with Crippen LogP contribution in [0.25, 0.3) is 121 Å². The molecule has 8 aromatic carbocycles. The standard InChI is InChI=1S/C48H25N3S3/c1-2-14-26(15-3-1)43-27-16-4-9-21-32(27)49-48(50-43)51-33-22-10-5-17-28(33)37-41-39-30-19-7-12-24-35(30)53-46(39)47-40(31-20-8-13-25-36(31)54-47)42(41)38-29-18-6-11-23-34(29)52-45(38)44(37)51/h1-25H. The largest absolute Gasteiger partial charge is 0.276 e. The van der Waals surface area contributed by atoms with E-state index in [2.05, 4.69) is 156 Å². The van der Waals surface area contributed by atoms with Crippen LogP contribution in [0.2, 0.25) is 0 Å². The molecule has 0 aliphatic heterocycles. The van der Waals surface area contributed by atoms with Crippen molar-refractivity contribution in [3.63, 3.8) is 0 Å². The van der Waals surface area contributed by atoms with E-state index in [9.17, 15) is 0 Å². The van der Waals surface area contributed by atoms with Crippen LogP contribution in [0.15, 0.2) is 152 Å². The zero-order valence-electron chi connectivity index (χ0n) is 28.5. The van der Waals surface area contributed by atoms with Crippen LogP contribution < -0.4 is 0 Å². The third kappa shape index (κ3) is 3.74. The van der Waals surface area contributed by atoms with Crippen molar-refractivity contribution >= 4 is 138 Å². The monoisotopic (exact) mass is 739 g/mol. The molecule has 0 bridgehead atoms. The molecule has 0 atom stereocenters. The van der Waals surface area contributed by atoms with Gasteiger partial charge in [0.2, 0.25) is 5.95 Å². The number of nitrogens with zero attached hydrogens (tertiary/aromatic N) is 3. The third-order valence-electron chi connectivity index (χ3n) is 11.2. The maximum atomic E-state index is 5.50. The average Bonchev–Trinajstić information content (AvgIpc) is 4.00. The zero-order valence-corrected chi connectivity index (χ0v) is 30.9. The summed E-state index contributed by atoms with van der Waals surface area (Å²) in [5, 5.41) is 14.2. The van der Waals surface area contributed by atoms with Crippen LogP contribution in [0.1, 0.15) is 0 Å². The maximum Gasteiger partial charge on any atom is 0.235 e. The number of rotatable bonds is 2. The third-order valence-corrected chi connectivity index (χ3v) is 14.9. The Morgan fingerprint density at radius 2 is 0.852 bits per heavy atom. The first-order valence-electron chi connectivity index (χ1n) is 18.1. The number of thiophene rings is 3. The summed E-state index contributed by atoms with van der Waals surface area (Å²) in [6, 6.07) is 54.8. The van der Waals surface area contributed by atoms with E-state index in [1.54, 1.807) is 0 Å². The molecule has 5 heterocycles. The molecule has 250 valence electrons. The Hall–Kier alpha value is -6.18. The van der Waals surface area contributed by atoms with E-state index >= 15 is 0 Å². The molecule has 0 aliphatic rings. The van der Waals surface area contributed by atoms with Crippen LogP contribution in [0, 0.1) is 0 Å². The van der Waals surface area contributed by atoms with Gasteiger partial charge in [-0.05, 0) is 30.3 Å². The fourth-order valence-corrected chi connectivity index (χ4v) is 12.8. The van der Waals surface area contributed by atoms with E-state index in [-0.39, 0.29) is 0 Å². The second kappa shape index (κ2) is 10.7. The predicted molar refractivity (Wildman–Crippen MR) is 235 cm³/mol. The second-order valence-electron chi connectivity index (χ2n) is 14.0. The molecule has 3 nitrogen and oxygen atoms in total. The molecule has 0 amide bonds. The first kappa shape index (κ1) is 29.3. The summed E-state index contributed by atoms with van der Waals surface area (Å²) in [6.45, 7) is 0. The van der Waals surface area contributed by atoms with Gasteiger partial charge in [0.05, 0.1) is 36.3 Å². The second-order valence-corrected chi connectivity index (χ2v) is 17.1. The van der Waals surface area contributed by atoms with Crippen molar-refractivity contribution in [2.24, 2.45) is 0 Å². The maximum absolute atomic E-state index is 5.50. The molecule has 6 heteroatoms. The summed E-state index contributed by atoms with van der Waals surface area (Å²) in [4.78, 5) is 10.9. The van der Waals surface area contributed by atoms with E-state index in [0.717, 1.165) is 27.7 Å². The van der Waals surface area contributed by atoms with Gasteiger partial charge in [-0.15, -0.1) is 34.0 Å². The highest BCUT2D eigenvalue weighted by Gasteiger charge is 2.28. The van der Waals surface area contributed by atoms with Crippen molar-refractivity contribution in [2.45, 2.75) is 0 Å². The molecule has 54 heavy (non-hydrogen) atoms. The number of hydrogen-bond donors (Lipinski definition) is 0. The lowest BCUT2D eigenvalue weighted by atomic mass is 9.92. The summed E-state index contributed by atoms with van der Waals surface area (Å²) >= 11 is 5.76. The van der Waals surface area contributed by atoms with Crippen molar-refractivity contribution in [2.75, 3.05) is 0 Å². The van der Waals surface area contributed by atoms with Gasteiger partial charge in [0.25, 0.3) is 0 Å². The first-order valence-corrected chi connectivity index (χ1v) is 20.5. The Morgan fingerprint density at radius 3 is 1.50 bits per heavy atom. The van der Waals surface area contributed by atoms with Crippen LogP contribution in [0.4, 0.5) is 0 Å². The van der Waals surface area contributed by atoms with Crippen molar-refractivity contribution < 1.29 is 0 Å². The normalized spacial score (nSPS) is 12.4. The van der Waals surface area contributed by atoms with Gasteiger partial charge >= 0.3 is 0 Å². The molecule has 13 rings (SSSR count). The number of benzene rings is 8. The van der Waals surface area contributed by atoms with Crippen molar-refractivity contribution in [3.05, 3.63) is 152 Å². The number of hydrogen-bond acceptors (Lipinski definition) is 5. The number of fused-ring (bicyclic) bond motifs is 20. The first-order chi connectivity index (χ1) is 26.8. The molecule has 5 aromatic heterocycles. The van der Waals surface area contributed by atoms with Gasteiger partial charge in [-0.1, -0.05) is 121 Å². The molecule has 0 spiro atoms. The molecule has 0 saturated heterocycles. The highest BCUT2D eigenvalue weighted by Crippen LogP contribution is 2.56. The van der Waals surface area contributed by atoms with Crippen molar-refractivity contribution in [3.8, 4) is 17.2 Å². The van der Waals surface area contributed by atoms with E-state index in [1.165, 1.54) is 87.6 Å². The number of para-hydroxylation sites is 2. The molecule has 0 unspecified atom stereocenters. The van der Waals surface area contributed by atoms with E-state index in [1.807, 2.05) is 34.0 Å². The molecule has 0 aliphatic carbocycles. The minimum absolute atomic E-state index is 0.686. The molecular weight excluding hydrogens is 715 g/mol. The highest BCUT2D eigenvalue weighted by molar-refractivity contribution is 7.34. The Bertz CT molecular complexity index is 3730. The molecule has 0 N–H and O–H groups in total. The summed E-state index contributed by atoms with van der Waals surface area (Å²) in [7, 11) is 0. The Labute approximate surface area is 319 Å². The summed E-state index contributed by atoms with van der Waals surface area (Å²) in [5.74, 6) is 0.686. The lowest BCUT2D eigenvalue weighted by Gasteiger charge is -2.13. The number of aromatic nitrogens is 3. The Kier molecular flexibility index (Phi) is 5.81. The summed E-state index contributed by atoms with van der Waals surface area (Å²) in [6.07, 6.45) is 0. The van der Waals surface area contributed by atoms with Crippen molar-refractivity contribution in [1.82, 2.24) is 14.5 Å². The van der Waals surface area contributed by atoms with Gasteiger partial charge in [-0.2, -0.15) is 0 Å². The van der Waals surface area contributed by atoms with Crippen LogP contribution in [0.5, 0.6) is 0 Å². The lowest BCUT2D eigenvalue weighted by molar-refractivity contribution is 1.02. The summed E-state index contributed by atoms with van der Waals surface area (Å²) in [5.41, 5.74) is 5.22. The molecular formula is C48H25N3S3. The van der Waals surface area contributed by atoms with E-state index in [4.69, 9.17) is 9.97 Å². The zero-order chi connectivity index (χ0) is 35.1. The topological polar surface area (TPSA) is 30.7 Å². The SMILES string of the molecule is c1ccc(-c2nc(-n3c4ccccc4c4c5c6c7ccccc7sc6c6sc7ccccc7c6c5c5c6ccccc6sc5c43)nc3ccccc23)cc1. The van der Waals surface area contributed by atoms with Gasteiger partial charge in [0.1, 0.15) is 0 Å². The van der Waals surface area contributed by atoms with Crippen LogP contribution in [0.3, 0.4) is 0 Å². The van der Waals surface area contributed by atoms with Gasteiger partial charge in [0.15, 0.2) is 0 Å². The van der Waals surface area contributed by atoms with Gasteiger partial charge in [-0.3, -0.25) is 4.57 Å². The van der Waals surface area contributed by atoms with Gasteiger partial charge in [-0.25, -0.2) is 9.97 Å². The minimum Gasteiger partial charge on any atom is -0.276 e. The van der Waals surface area contributed by atoms with E-state index < -0.39 is 0 Å². The molecule has 0 fully saturated rings. The average molecular weight is 740 g/mol. The van der Waals surface area contributed by atoms with Crippen LogP contribution in [-0.2, 0) is 0 Å².